The second-order valence-corrected chi connectivity index (χ2v) is 4.56. The van der Waals surface area contributed by atoms with Gasteiger partial charge < -0.3 is 10.2 Å². The van der Waals surface area contributed by atoms with Gasteiger partial charge in [-0.2, -0.15) is 0 Å². The van der Waals surface area contributed by atoms with E-state index >= 15 is 0 Å². The van der Waals surface area contributed by atoms with Crippen LogP contribution in [0.2, 0.25) is 0 Å². The average molecular weight is 257 g/mol. The SMILES string of the molecule is Cc1nccnc1N(C)CC1CCCNC1.Cl. The zero-order valence-corrected chi connectivity index (χ0v) is 11.3. The molecular formula is C12H21ClN4. The van der Waals surface area contributed by atoms with E-state index < -0.39 is 0 Å². The number of anilines is 1. The van der Waals surface area contributed by atoms with Crippen molar-refractivity contribution in [2.24, 2.45) is 5.92 Å². The first-order chi connectivity index (χ1) is 7.77. The summed E-state index contributed by atoms with van der Waals surface area (Å²) in [6, 6.07) is 0. The van der Waals surface area contributed by atoms with Crippen LogP contribution in [0.4, 0.5) is 5.82 Å². The van der Waals surface area contributed by atoms with Crippen LogP contribution in [0.3, 0.4) is 0 Å². The molecule has 17 heavy (non-hydrogen) atoms. The molecule has 0 aliphatic carbocycles. The summed E-state index contributed by atoms with van der Waals surface area (Å²) in [5.74, 6) is 1.74. The van der Waals surface area contributed by atoms with Crippen molar-refractivity contribution in [3.05, 3.63) is 18.1 Å². The molecule has 1 unspecified atom stereocenters. The van der Waals surface area contributed by atoms with Crippen molar-refractivity contribution < 1.29 is 0 Å². The number of rotatable bonds is 3. The molecule has 1 saturated heterocycles. The predicted octanol–water partition coefficient (Wildman–Crippen LogP) is 1.64. The molecular weight excluding hydrogens is 236 g/mol. The van der Waals surface area contributed by atoms with E-state index in [0.29, 0.717) is 0 Å². The van der Waals surface area contributed by atoms with Crippen LogP contribution in [-0.2, 0) is 0 Å². The number of halogens is 1. The van der Waals surface area contributed by atoms with E-state index in [4.69, 9.17) is 0 Å². The average Bonchev–Trinajstić information content (AvgIpc) is 2.31. The molecule has 1 N–H and O–H groups in total. The molecule has 1 fully saturated rings. The number of nitrogens with zero attached hydrogens (tertiary/aromatic N) is 3. The van der Waals surface area contributed by atoms with E-state index in [2.05, 4.69) is 27.2 Å². The number of hydrogen-bond acceptors (Lipinski definition) is 4. The van der Waals surface area contributed by atoms with Gasteiger partial charge in [0.25, 0.3) is 0 Å². The fourth-order valence-electron chi connectivity index (χ4n) is 2.33. The third kappa shape index (κ3) is 3.82. The summed E-state index contributed by atoms with van der Waals surface area (Å²) < 4.78 is 0. The molecule has 5 heteroatoms. The summed E-state index contributed by atoms with van der Waals surface area (Å²) >= 11 is 0. The zero-order chi connectivity index (χ0) is 11.4. The van der Waals surface area contributed by atoms with Crippen molar-refractivity contribution in [3.8, 4) is 0 Å². The number of aromatic nitrogens is 2. The third-order valence-electron chi connectivity index (χ3n) is 3.15. The summed E-state index contributed by atoms with van der Waals surface area (Å²) in [7, 11) is 2.10. The van der Waals surface area contributed by atoms with E-state index in [1.807, 2.05) is 6.92 Å². The van der Waals surface area contributed by atoms with E-state index in [0.717, 1.165) is 30.5 Å². The van der Waals surface area contributed by atoms with Crippen LogP contribution in [0, 0.1) is 12.8 Å². The predicted molar refractivity (Wildman–Crippen MR) is 72.9 cm³/mol. The topological polar surface area (TPSA) is 41.1 Å². The maximum Gasteiger partial charge on any atom is 0.149 e. The largest absolute Gasteiger partial charge is 0.358 e. The first-order valence-corrected chi connectivity index (χ1v) is 5.97. The van der Waals surface area contributed by atoms with Crippen molar-refractivity contribution in [1.29, 1.82) is 0 Å². The second-order valence-electron chi connectivity index (χ2n) is 4.56. The highest BCUT2D eigenvalue weighted by atomic mass is 35.5. The molecule has 0 saturated carbocycles. The monoisotopic (exact) mass is 256 g/mol. The van der Waals surface area contributed by atoms with Crippen molar-refractivity contribution in [2.45, 2.75) is 19.8 Å². The first-order valence-electron chi connectivity index (χ1n) is 5.97. The molecule has 2 rings (SSSR count). The van der Waals surface area contributed by atoms with Crippen LogP contribution in [0.25, 0.3) is 0 Å². The normalized spacial score (nSPS) is 19.5. The number of nitrogens with one attached hydrogen (secondary N) is 1. The van der Waals surface area contributed by atoms with Gasteiger partial charge in [-0.15, -0.1) is 12.4 Å². The highest BCUT2D eigenvalue weighted by molar-refractivity contribution is 5.85. The molecule has 1 aliphatic rings. The quantitative estimate of drug-likeness (QED) is 0.893. The summed E-state index contributed by atoms with van der Waals surface area (Å²) in [6.45, 7) is 5.37. The van der Waals surface area contributed by atoms with Gasteiger partial charge in [0.15, 0.2) is 0 Å². The maximum atomic E-state index is 4.39. The lowest BCUT2D eigenvalue weighted by Gasteiger charge is -2.28. The Balaban J connectivity index is 0.00000144. The Bertz CT molecular complexity index is 339. The highest BCUT2D eigenvalue weighted by Crippen LogP contribution is 2.16. The molecule has 1 aromatic rings. The molecule has 1 aromatic heterocycles. The van der Waals surface area contributed by atoms with Crippen molar-refractivity contribution in [3.63, 3.8) is 0 Å². The smallest absolute Gasteiger partial charge is 0.149 e. The molecule has 0 amide bonds. The molecule has 0 aromatic carbocycles. The minimum atomic E-state index is 0. The Morgan fingerprint density at radius 3 is 2.82 bits per heavy atom. The van der Waals surface area contributed by atoms with Gasteiger partial charge in [0.1, 0.15) is 5.82 Å². The lowest BCUT2D eigenvalue weighted by atomic mass is 9.99. The van der Waals surface area contributed by atoms with E-state index in [1.165, 1.54) is 19.4 Å². The second kappa shape index (κ2) is 6.77. The van der Waals surface area contributed by atoms with Crippen LogP contribution in [-0.4, -0.2) is 36.6 Å². The Labute approximate surface area is 109 Å². The van der Waals surface area contributed by atoms with Crippen LogP contribution >= 0.6 is 12.4 Å². The molecule has 96 valence electrons. The number of hydrogen-bond donors (Lipinski definition) is 1. The van der Waals surface area contributed by atoms with Gasteiger partial charge in [-0.25, -0.2) is 4.98 Å². The minimum absolute atomic E-state index is 0. The zero-order valence-electron chi connectivity index (χ0n) is 10.5. The molecule has 0 radical (unpaired) electrons. The molecule has 2 heterocycles. The van der Waals surface area contributed by atoms with Gasteiger partial charge in [0.2, 0.25) is 0 Å². The third-order valence-corrected chi connectivity index (χ3v) is 3.15. The van der Waals surface area contributed by atoms with Gasteiger partial charge in [-0.3, -0.25) is 4.98 Å². The summed E-state index contributed by atoms with van der Waals surface area (Å²) in [5, 5.41) is 3.44. The maximum absolute atomic E-state index is 4.39. The van der Waals surface area contributed by atoms with E-state index in [1.54, 1.807) is 12.4 Å². The Morgan fingerprint density at radius 1 is 1.41 bits per heavy atom. The van der Waals surface area contributed by atoms with Crippen LogP contribution in [0.15, 0.2) is 12.4 Å². The summed E-state index contributed by atoms with van der Waals surface area (Å²) in [6.07, 6.45) is 6.11. The van der Waals surface area contributed by atoms with Crippen LogP contribution in [0.1, 0.15) is 18.5 Å². The van der Waals surface area contributed by atoms with Crippen LogP contribution < -0.4 is 10.2 Å². The van der Waals surface area contributed by atoms with Gasteiger partial charge in [-0.05, 0) is 38.8 Å². The fraction of sp³-hybridized carbons (Fsp3) is 0.667. The van der Waals surface area contributed by atoms with Gasteiger partial charge in [-0.1, -0.05) is 0 Å². The number of piperidine rings is 1. The fourth-order valence-corrected chi connectivity index (χ4v) is 2.33. The van der Waals surface area contributed by atoms with Gasteiger partial charge in [0, 0.05) is 26.0 Å². The first kappa shape index (κ1) is 14.2. The lowest BCUT2D eigenvalue weighted by molar-refractivity contribution is 0.380. The molecule has 0 spiro atoms. The van der Waals surface area contributed by atoms with E-state index in [9.17, 15) is 0 Å². The van der Waals surface area contributed by atoms with Gasteiger partial charge in [0.05, 0.1) is 5.69 Å². The molecule has 0 bridgehead atoms. The van der Waals surface area contributed by atoms with Crippen molar-refractivity contribution >= 4 is 18.2 Å². The Morgan fingerprint density at radius 2 is 2.18 bits per heavy atom. The Hall–Kier alpha value is -0.870. The highest BCUT2D eigenvalue weighted by Gasteiger charge is 2.16. The summed E-state index contributed by atoms with van der Waals surface area (Å²) in [4.78, 5) is 10.9. The van der Waals surface area contributed by atoms with Crippen molar-refractivity contribution in [2.75, 3.05) is 31.6 Å². The van der Waals surface area contributed by atoms with Gasteiger partial charge >= 0.3 is 0 Å². The molecule has 1 atom stereocenters. The number of aryl methyl sites for hydroxylation is 1. The Kier molecular flexibility index (Phi) is 5.65. The minimum Gasteiger partial charge on any atom is -0.358 e. The lowest BCUT2D eigenvalue weighted by Crippen LogP contribution is -2.37. The van der Waals surface area contributed by atoms with Crippen LogP contribution in [0.5, 0.6) is 0 Å². The molecule has 4 nitrogen and oxygen atoms in total. The molecule has 1 aliphatic heterocycles. The van der Waals surface area contributed by atoms with E-state index in [-0.39, 0.29) is 12.4 Å². The standard InChI is InChI=1S/C12H20N4.ClH/c1-10-12(15-7-6-14-10)16(2)9-11-4-3-5-13-8-11;/h6-7,11,13H,3-5,8-9H2,1-2H3;1H. The van der Waals surface area contributed by atoms with Crippen molar-refractivity contribution in [1.82, 2.24) is 15.3 Å². The summed E-state index contributed by atoms with van der Waals surface area (Å²) in [5.41, 5.74) is 1.01.